The van der Waals surface area contributed by atoms with Crippen molar-refractivity contribution in [3.05, 3.63) is 21.4 Å². The summed E-state index contributed by atoms with van der Waals surface area (Å²) in [7, 11) is 0. The second-order valence-corrected chi connectivity index (χ2v) is 6.81. The number of carbonyl (C=O) groups is 1. The molecule has 0 bridgehead atoms. The van der Waals surface area contributed by atoms with Crippen molar-refractivity contribution in [2.45, 2.75) is 44.6 Å². The number of nitrogens with one attached hydrogen (secondary N) is 2. The van der Waals surface area contributed by atoms with Gasteiger partial charge >= 0.3 is 0 Å². The first-order valence-electron chi connectivity index (χ1n) is 6.81. The van der Waals surface area contributed by atoms with Crippen molar-refractivity contribution >= 4 is 29.7 Å². The van der Waals surface area contributed by atoms with Crippen molar-refractivity contribution in [2.75, 3.05) is 13.1 Å². The Labute approximate surface area is 124 Å². The molecule has 3 nitrogen and oxygen atoms in total. The summed E-state index contributed by atoms with van der Waals surface area (Å²) < 4.78 is 0. The van der Waals surface area contributed by atoms with E-state index in [0.29, 0.717) is 0 Å². The SMILES string of the molecule is CC1(NC(=O)c2cc3c(s2)CCC3)CCNCC1.Cl. The van der Waals surface area contributed by atoms with E-state index in [-0.39, 0.29) is 23.9 Å². The number of halogens is 1. The molecular formula is C14H21ClN2OS. The lowest BCUT2D eigenvalue weighted by molar-refractivity contribution is 0.0891. The molecule has 106 valence electrons. The topological polar surface area (TPSA) is 41.1 Å². The Bertz CT molecular complexity index is 445. The number of carbonyl (C=O) groups excluding carboxylic acids is 1. The van der Waals surface area contributed by atoms with E-state index in [1.165, 1.54) is 16.9 Å². The van der Waals surface area contributed by atoms with Crippen molar-refractivity contribution in [3.8, 4) is 0 Å². The van der Waals surface area contributed by atoms with Crippen LogP contribution >= 0.6 is 23.7 Å². The molecule has 1 aromatic heterocycles. The minimum absolute atomic E-state index is 0. The van der Waals surface area contributed by atoms with Crippen LogP contribution in [0.25, 0.3) is 0 Å². The van der Waals surface area contributed by atoms with Crippen LogP contribution in [0.5, 0.6) is 0 Å². The van der Waals surface area contributed by atoms with Gasteiger partial charge in [-0.15, -0.1) is 23.7 Å². The molecule has 2 N–H and O–H groups in total. The van der Waals surface area contributed by atoms with Crippen LogP contribution in [0.2, 0.25) is 0 Å². The molecule has 1 aliphatic carbocycles. The molecule has 0 saturated carbocycles. The first-order chi connectivity index (χ1) is 8.66. The van der Waals surface area contributed by atoms with Crippen LogP contribution < -0.4 is 10.6 Å². The molecule has 1 fully saturated rings. The number of hydrogen-bond acceptors (Lipinski definition) is 3. The summed E-state index contributed by atoms with van der Waals surface area (Å²) in [5.74, 6) is 0.124. The highest BCUT2D eigenvalue weighted by Gasteiger charge is 2.29. The predicted molar refractivity (Wildman–Crippen MR) is 81.6 cm³/mol. The Kier molecular flexibility index (Phi) is 4.54. The van der Waals surface area contributed by atoms with E-state index >= 15 is 0 Å². The van der Waals surface area contributed by atoms with Crippen LogP contribution in [-0.4, -0.2) is 24.5 Å². The van der Waals surface area contributed by atoms with Gasteiger partial charge in [-0.2, -0.15) is 0 Å². The van der Waals surface area contributed by atoms with Gasteiger partial charge in [-0.3, -0.25) is 4.79 Å². The van der Waals surface area contributed by atoms with Crippen LogP contribution in [0.3, 0.4) is 0 Å². The van der Waals surface area contributed by atoms with Gasteiger partial charge < -0.3 is 10.6 Å². The number of aryl methyl sites for hydroxylation is 2. The number of hydrogen-bond donors (Lipinski definition) is 2. The molecule has 1 aromatic rings. The maximum absolute atomic E-state index is 12.3. The second-order valence-electron chi connectivity index (χ2n) is 5.68. The number of rotatable bonds is 2. The molecule has 1 saturated heterocycles. The van der Waals surface area contributed by atoms with Crippen LogP contribution in [0.4, 0.5) is 0 Å². The Morgan fingerprint density at radius 3 is 2.79 bits per heavy atom. The second kappa shape index (κ2) is 5.81. The maximum Gasteiger partial charge on any atom is 0.261 e. The molecule has 1 amide bonds. The lowest BCUT2D eigenvalue weighted by Gasteiger charge is -2.34. The van der Waals surface area contributed by atoms with Crippen LogP contribution in [-0.2, 0) is 12.8 Å². The largest absolute Gasteiger partial charge is 0.346 e. The number of fused-ring (bicyclic) bond motifs is 1. The summed E-state index contributed by atoms with van der Waals surface area (Å²) >= 11 is 1.69. The average molecular weight is 301 g/mol. The quantitative estimate of drug-likeness (QED) is 0.881. The number of amides is 1. The zero-order valence-electron chi connectivity index (χ0n) is 11.3. The zero-order chi connectivity index (χ0) is 12.6. The molecule has 0 radical (unpaired) electrons. The third-order valence-corrected chi connectivity index (χ3v) is 5.33. The molecule has 0 aromatic carbocycles. The van der Waals surface area contributed by atoms with E-state index in [1.54, 1.807) is 11.3 Å². The highest BCUT2D eigenvalue weighted by atomic mass is 35.5. The lowest BCUT2D eigenvalue weighted by atomic mass is 9.90. The van der Waals surface area contributed by atoms with Crippen molar-refractivity contribution < 1.29 is 4.79 Å². The standard InChI is InChI=1S/C14H20N2OS.ClH/c1-14(5-7-15-8-6-14)16-13(17)12-9-10-3-2-4-11(10)18-12;/h9,15H,2-8H2,1H3,(H,16,17);1H. The third-order valence-electron chi connectivity index (χ3n) is 4.09. The van der Waals surface area contributed by atoms with E-state index in [4.69, 9.17) is 0 Å². The minimum atomic E-state index is -0.0310. The molecule has 2 aliphatic rings. The van der Waals surface area contributed by atoms with Gasteiger partial charge in [0.1, 0.15) is 0 Å². The fourth-order valence-electron chi connectivity index (χ4n) is 2.88. The zero-order valence-corrected chi connectivity index (χ0v) is 12.9. The van der Waals surface area contributed by atoms with E-state index in [0.717, 1.165) is 43.6 Å². The summed E-state index contributed by atoms with van der Waals surface area (Å²) in [6, 6.07) is 2.10. The van der Waals surface area contributed by atoms with Gasteiger partial charge in [0.25, 0.3) is 5.91 Å². The number of thiophene rings is 1. The van der Waals surface area contributed by atoms with Gasteiger partial charge in [-0.1, -0.05) is 0 Å². The summed E-state index contributed by atoms with van der Waals surface area (Å²) in [6.45, 7) is 4.16. The normalized spacial score (nSPS) is 20.5. The van der Waals surface area contributed by atoms with Gasteiger partial charge in [0.15, 0.2) is 0 Å². The molecule has 0 unspecified atom stereocenters. The van der Waals surface area contributed by atoms with Crippen LogP contribution in [0.15, 0.2) is 6.07 Å². The first kappa shape index (κ1) is 14.8. The fourth-order valence-corrected chi connectivity index (χ4v) is 4.03. The smallest absolute Gasteiger partial charge is 0.261 e. The van der Waals surface area contributed by atoms with Crippen molar-refractivity contribution in [1.82, 2.24) is 10.6 Å². The molecule has 0 atom stereocenters. The lowest BCUT2D eigenvalue weighted by Crippen LogP contribution is -2.52. The van der Waals surface area contributed by atoms with Gasteiger partial charge in [-0.25, -0.2) is 0 Å². The number of piperidine rings is 1. The van der Waals surface area contributed by atoms with E-state index in [1.807, 2.05) is 0 Å². The Morgan fingerprint density at radius 1 is 1.37 bits per heavy atom. The predicted octanol–water partition coefficient (Wildman–Crippen LogP) is 2.53. The van der Waals surface area contributed by atoms with Gasteiger partial charge in [0.2, 0.25) is 0 Å². The van der Waals surface area contributed by atoms with E-state index in [2.05, 4.69) is 23.6 Å². The molecular weight excluding hydrogens is 280 g/mol. The molecule has 1 aliphatic heterocycles. The van der Waals surface area contributed by atoms with Crippen molar-refractivity contribution in [1.29, 1.82) is 0 Å². The Balaban J connectivity index is 0.00000133. The summed E-state index contributed by atoms with van der Waals surface area (Å²) in [5.41, 5.74) is 1.37. The first-order valence-corrected chi connectivity index (χ1v) is 7.63. The maximum atomic E-state index is 12.3. The monoisotopic (exact) mass is 300 g/mol. The van der Waals surface area contributed by atoms with E-state index < -0.39 is 0 Å². The summed E-state index contributed by atoms with van der Waals surface area (Å²) in [4.78, 5) is 14.6. The molecule has 5 heteroatoms. The van der Waals surface area contributed by atoms with Crippen LogP contribution in [0, 0.1) is 0 Å². The average Bonchev–Trinajstić information content (AvgIpc) is 2.89. The minimum Gasteiger partial charge on any atom is -0.346 e. The highest BCUT2D eigenvalue weighted by Crippen LogP contribution is 2.31. The molecule has 3 rings (SSSR count). The Hall–Kier alpha value is -0.580. The third kappa shape index (κ3) is 3.12. The van der Waals surface area contributed by atoms with Gasteiger partial charge in [-0.05, 0) is 63.7 Å². The molecule has 0 spiro atoms. The Morgan fingerprint density at radius 2 is 2.11 bits per heavy atom. The molecule has 2 heterocycles. The van der Waals surface area contributed by atoms with Gasteiger partial charge in [0, 0.05) is 10.4 Å². The van der Waals surface area contributed by atoms with Gasteiger partial charge in [0.05, 0.1) is 4.88 Å². The van der Waals surface area contributed by atoms with Crippen LogP contribution in [0.1, 0.15) is 46.3 Å². The fraction of sp³-hybridized carbons (Fsp3) is 0.643. The highest BCUT2D eigenvalue weighted by molar-refractivity contribution is 7.14. The van der Waals surface area contributed by atoms with Crippen molar-refractivity contribution in [2.24, 2.45) is 0 Å². The summed E-state index contributed by atoms with van der Waals surface area (Å²) in [5, 5.41) is 6.57. The summed E-state index contributed by atoms with van der Waals surface area (Å²) in [6.07, 6.45) is 5.61. The van der Waals surface area contributed by atoms with Crippen molar-refractivity contribution in [3.63, 3.8) is 0 Å². The van der Waals surface area contributed by atoms with E-state index in [9.17, 15) is 4.79 Å². The molecule has 19 heavy (non-hydrogen) atoms.